The summed E-state index contributed by atoms with van der Waals surface area (Å²) >= 11 is 0. The van der Waals surface area contributed by atoms with Gasteiger partial charge in [-0.3, -0.25) is 9.59 Å². The molecule has 0 spiro atoms. The number of carbonyl (C=O) groups is 3. The van der Waals surface area contributed by atoms with Crippen molar-refractivity contribution in [2.75, 3.05) is 13.2 Å². The number of nitrogens with one attached hydrogen (secondary N) is 1. The van der Waals surface area contributed by atoms with Gasteiger partial charge in [0.25, 0.3) is 0 Å². The minimum absolute atomic E-state index is 0.0379. The van der Waals surface area contributed by atoms with Gasteiger partial charge in [-0.1, -0.05) is 97.0 Å². The van der Waals surface area contributed by atoms with Crippen LogP contribution < -0.4 is 5.32 Å². The summed E-state index contributed by atoms with van der Waals surface area (Å²) in [6, 6.07) is 0. The van der Waals surface area contributed by atoms with Crippen molar-refractivity contribution in [3.05, 3.63) is 12.2 Å². The molecule has 0 radical (unpaired) electrons. The fourth-order valence-electron chi connectivity index (χ4n) is 3.22. The number of hydrogen-bond acceptors (Lipinski definition) is 4. The molecule has 0 atom stereocenters. The Morgan fingerprint density at radius 3 is 1.73 bits per heavy atom. The highest BCUT2D eigenvalue weighted by Crippen LogP contribution is 2.13. The Bertz CT molecular complexity index is 490. The summed E-state index contributed by atoms with van der Waals surface area (Å²) in [5.41, 5.74) is -0.207. The van der Waals surface area contributed by atoms with E-state index in [1.54, 1.807) is 0 Å². The lowest BCUT2D eigenvalue weighted by atomic mass is 10.0. The Morgan fingerprint density at radius 1 is 0.800 bits per heavy atom. The first-order valence-corrected chi connectivity index (χ1v) is 11.8. The quantitative estimate of drug-likeness (QED) is 0.143. The van der Waals surface area contributed by atoms with Gasteiger partial charge in [-0.25, -0.2) is 4.79 Å². The van der Waals surface area contributed by atoms with Gasteiger partial charge in [0.05, 0.1) is 13.0 Å². The first kappa shape index (κ1) is 28.1. The SMILES string of the molecule is C=C(CC(=O)OCCNC(=O)CCCCCCCCCCCCCCCC)C(=O)O. The van der Waals surface area contributed by atoms with E-state index in [9.17, 15) is 14.4 Å². The fraction of sp³-hybridized carbons (Fsp3) is 0.792. The molecule has 174 valence electrons. The van der Waals surface area contributed by atoms with E-state index in [4.69, 9.17) is 9.84 Å². The van der Waals surface area contributed by atoms with E-state index < -0.39 is 11.9 Å². The number of aliphatic carboxylic acids is 1. The third-order valence-electron chi connectivity index (χ3n) is 5.10. The highest BCUT2D eigenvalue weighted by Gasteiger charge is 2.11. The zero-order chi connectivity index (χ0) is 22.5. The molecule has 6 nitrogen and oxygen atoms in total. The van der Waals surface area contributed by atoms with Crippen LogP contribution in [-0.2, 0) is 19.1 Å². The Hall–Kier alpha value is -1.85. The van der Waals surface area contributed by atoms with E-state index in [0.717, 1.165) is 12.8 Å². The second-order valence-corrected chi connectivity index (χ2v) is 8.00. The van der Waals surface area contributed by atoms with Crippen molar-refractivity contribution in [2.24, 2.45) is 0 Å². The van der Waals surface area contributed by atoms with Crippen LogP contribution in [0.4, 0.5) is 0 Å². The number of carboxylic acids is 1. The van der Waals surface area contributed by atoms with Gasteiger partial charge >= 0.3 is 11.9 Å². The third-order valence-corrected chi connectivity index (χ3v) is 5.10. The number of rotatable bonds is 21. The number of unbranched alkanes of at least 4 members (excludes halogenated alkanes) is 13. The minimum atomic E-state index is -1.21. The normalized spacial score (nSPS) is 10.6. The van der Waals surface area contributed by atoms with Crippen LogP contribution in [0.25, 0.3) is 0 Å². The molecule has 0 aromatic heterocycles. The van der Waals surface area contributed by atoms with Gasteiger partial charge in [0.2, 0.25) is 5.91 Å². The number of carbonyl (C=O) groups excluding carboxylic acids is 2. The van der Waals surface area contributed by atoms with E-state index in [0.29, 0.717) is 6.42 Å². The molecule has 0 bridgehead atoms. The molecule has 0 aliphatic heterocycles. The maximum Gasteiger partial charge on any atom is 0.331 e. The Labute approximate surface area is 182 Å². The molecule has 0 aliphatic rings. The van der Waals surface area contributed by atoms with Crippen molar-refractivity contribution in [1.82, 2.24) is 5.32 Å². The molecule has 0 saturated heterocycles. The van der Waals surface area contributed by atoms with Crippen molar-refractivity contribution in [1.29, 1.82) is 0 Å². The van der Waals surface area contributed by atoms with Crippen LogP contribution in [0.1, 0.15) is 110 Å². The van der Waals surface area contributed by atoms with Gasteiger partial charge in [-0.05, 0) is 6.42 Å². The van der Waals surface area contributed by atoms with Crippen LogP contribution in [0.15, 0.2) is 12.2 Å². The van der Waals surface area contributed by atoms with Crippen LogP contribution >= 0.6 is 0 Å². The summed E-state index contributed by atoms with van der Waals surface area (Å²) in [6.45, 7) is 5.80. The summed E-state index contributed by atoms with van der Waals surface area (Å²) in [5.74, 6) is -1.91. The lowest BCUT2D eigenvalue weighted by Gasteiger charge is -2.07. The molecule has 30 heavy (non-hydrogen) atoms. The molecule has 2 N–H and O–H groups in total. The monoisotopic (exact) mass is 425 g/mol. The topological polar surface area (TPSA) is 92.7 Å². The molecule has 0 aromatic rings. The first-order valence-electron chi connectivity index (χ1n) is 11.8. The smallest absolute Gasteiger partial charge is 0.331 e. The van der Waals surface area contributed by atoms with E-state index in [1.165, 1.54) is 77.0 Å². The molecular formula is C24H43NO5. The number of ether oxygens (including phenoxy) is 1. The molecule has 6 heteroatoms. The second-order valence-electron chi connectivity index (χ2n) is 8.00. The van der Waals surface area contributed by atoms with Crippen molar-refractivity contribution >= 4 is 17.8 Å². The van der Waals surface area contributed by atoms with Crippen molar-refractivity contribution in [3.63, 3.8) is 0 Å². The predicted molar refractivity (Wildman–Crippen MR) is 120 cm³/mol. The average molecular weight is 426 g/mol. The van der Waals surface area contributed by atoms with Crippen LogP contribution in [0.3, 0.4) is 0 Å². The predicted octanol–water partition coefficient (Wildman–Crippen LogP) is 5.55. The molecule has 0 saturated carbocycles. The largest absolute Gasteiger partial charge is 0.478 e. The lowest BCUT2D eigenvalue weighted by Crippen LogP contribution is -2.27. The number of hydrogen-bond donors (Lipinski definition) is 2. The zero-order valence-corrected chi connectivity index (χ0v) is 19.0. The van der Waals surface area contributed by atoms with Gasteiger partial charge < -0.3 is 15.2 Å². The highest BCUT2D eigenvalue weighted by molar-refractivity contribution is 5.91. The zero-order valence-electron chi connectivity index (χ0n) is 19.0. The molecule has 1 amide bonds. The number of amides is 1. The fourth-order valence-corrected chi connectivity index (χ4v) is 3.22. The first-order chi connectivity index (χ1) is 14.5. The summed E-state index contributed by atoms with van der Waals surface area (Å²) < 4.78 is 4.86. The van der Waals surface area contributed by atoms with Crippen molar-refractivity contribution < 1.29 is 24.2 Å². The van der Waals surface area contributed by atoms with E-state index in [-0.39, 0.29) is 31.1 Å². The van der Waals surface area contributed by atoms with Gasteiger partial charge in [-0.2, -0.15) is 0 Å². The summed E-state index contributed by atoms with van der Waals surface area (Å²) in [6.07, 6.45) is 18.1. The van der Waals surface area contributed by atoms with Crippen LogP contribution in [0.2, 0.25) is 0 Å². The van der Waals surface area contributed by atoms with Crippen LogP contribution in [-0.4, -0.2) is 36.1 Å². The van der Waals surface area contributed by atoms with Gasteiger partial charge in [0.1, 0.15) is 6.61 Å². The molecule has 0 aliphatic carbocycles. The number of carboxylic acid groups (broad SMARTS) is 1. The third kappa shape index (κ3) is 19.5. The van der Waals surface area contributed by atoms with E-state index >= 15 is 0 Å². The van der Waals surface area contributed by atoms with Crippen molar-refractivity contribution in [2.45, 2.75) is 110 Å². The van der Waals surface area contributed by atoms with Crippen LogP contribution in [0, 0.1) is 0 Å². The molecule has 0 fully saturated rings. The molecule has 0 unspecified atom stereocenters. The molecular weight excluding hydrogens is 382 g/mol. The number of esters is 1. The molecule has 0 rings (SSSR count). The van der Waals surface area contributed by atoms with E-state index in [1.807, 2.05) is 0 Å². The molecule has 0 heterocycles. The maximum absolute atomic E-state index is 11.7. The minimum Gasteiger partial charge on any atom is -0.478 e. The maximum atomic E-state index is 11.7. The highest BCUT2D eigenvalue weighted by atomic mass is 16.5. The summed E-state index contributed by atoms with van der Waals surface area (Å²) in [4.78, 5) is 33.7. The van der Waals surface area contributed by atoms with Crippen molar-refractivity contribution in [3.8, 4) is 0 Å². The Balaban J connectivity index is 3.33. The Morgan fingerprint density at radius 2 is 1.27 bits per heavy atom. The molecule has 0 aromatic carbocycles. The summed E-state index contributed by atoms with van der Waals surface area (Å²) in [5, 5.41) is 11.3. The Kier molecular flexibility index (Phi) is 19.2. The standard InChI is InChI=1S/C24H43NO5/c1-3-4-5-6-7-8-9-10-11-12-13-14-15-16-17-22(26)25-18-19-30-23(27)20-21(2)24(28)29/h2-20H2,1H3,(H,25,26)(H,28,29). The van der Waals surface area contributed by atoms with E-state index in [2.05, 4.69) is 18.8 Å². The van der Waals surface area contributed by atoms with Gasteiger partial charge in [0, 0.05) is 12.0 Å². The summed E-state index contributed by atoms with van der Waals surface area (Å²) in [7, 11) is 0. The van der Waals surface area contributed by atoms with Gasteiger partial charge in [0.15, 0.2) is 0 Å². The average Bonchev–Trinajstić information content (AvgIpc) is 2.71. The second kappa shape index (κ2) is 20.4. The van der Waals surface area contributed by atoms with Crippen LogP contribution in [0.5, 0.6) is 0 Å². The van der Waals surface area contributed by atoms with Gasteiger partial charge in [-0.15, -0.1) is 0 Å². The lowest BCUT2D eigenvalue weighted by molar-refractivity contribution is -0.144.